The number of hydrogen-bond acceptors (Lipinski definition) is 1. The Morgan fingerprint density at radius 1 is 1.27 bits per heavy atom. The van der Waals surface area contributed by atoms with Crippen LogP contribution in [-0.2, 0) is 4.79 Å². The van der Waals surface area contributed by atoms with Gasteiger partial charge in [-0.15, -0.1) is 0 Å². The van der Waals surface area contributed by atoms with E-state index in [0.717, 1.165) is 38.6 Å². The van der Waals surface area contributed by atoms with E-state index in [1.807, 2.05) is 13.0 Å². The molecule has 0 spiro atoms. The molecular formula is C13H25NO. The van der Waals surface area contributed by atoms with Crippen molar-refractivity contribution in [1.82, 2.24) is 5.32 Å². The summed E-state index contributed by atoms with van der Waals surface area (Å²) in [4.78, 5) is 11.8. The van der Waals surface area contributed by atoms with Crippen molar-refractivity contribution >= 4 is 5.91 Å². The minimum absolute atomic E-state index is 0.227. The lowest BCUT2D eigenvalue weighted by atomic mass is 9.97. The Balaban J connectivity index is 3.80. The second kappa shape index (κ2) is 9.75. The smallest absolute Gasteiger partial charge is 0.223 e. The van der Waals surface area contributed by atoms with Crippen LogP contribution in [0.5, 0.6) is 0 Å². The van der Waals surface area contributed by atoms with Gasteiger partial charge in [-0.1, -0.05) is 38.8 Å². The molecule has 0 saturated heterocycles. The van der Waals surface area contributed by atoms with Crippen molar-refractivity contribution in [3.8, 4) is 0 Å². The molecule has 88 valence electrons. The van der Waals surface area contributed by atoms with E-state index in [-0.39, 0.29) is 11.8 Å². The third kappa shape index (κ3) is 7.18. The molecule has 2 nitrogen and oxygen atoms in total. The monoisotopic (exact) mass is 211 g/mol. The Labute approximate surface area is 94.1 Å². The minimum atomic E-state index is 0.227. The first-order valence-corrected chi connectivity index (χ1v) is 6.15. The summed E-state index contributed by atoms with van der Waals surface area (Å²) in [6.45, 7) is 7.04. The molecule has 0 atom stereocenters. The van der Waals surface area contributed by atoms with Crippen LogP contribution in [0.25, 0.3) is 0 Å². The molecule has 0 saturated carbocycles. The Bertz CT molecular complexity index is 181. The number of hydrogen-bond donors (Lipinski definition) is 1. The minimum Gasteiger partial charge on any atom is -0.356 e. The number of rotatable bonds is 8. The Hall–Kier alpha value is -0.790. The molecule has 0 heterocycles. The lowest BCUT2D eigenvalue weighted by Crippen LogP contribution is -2.31. The van der Waals surface area contributed by atoms with Crippen molar-refractivity contribution in [3.05, 3.63) is 12.2 Å². The molecule has 0 aromatic rings. The van der Waals surface area contributed by atoms with Gasteiger partial charge < -0.3 is 5.32 Å². The van der Waals surface area contributed by atoms with Crippen molar-refractivity contribution in [2.24, 2.45) is 5.92 Å². The topological polar surface area (TPSA) is 29.1 Å². The third-order valence-electron chi connectivity index (χ3n) is 2.49. The predicted molar refractivity (Wildman–Crippen MR) is 65.7 cm³/mol. The molecule has 0 aliphatic heterocycles. The van der Waals surface area contributed by atoms with Gasteiger partial charge in [0.2, 0.25) is 5.91 Å². The largest absolute Gasteiger partial charge is 0.356 e. The second-order valence-electron chi connectivity index (χ2n) is 3.92. The summed E-state index contributed by atoms with van der Waals surface area (Å²) >= 11 is 0. The maximum Gasteiger partial charge on any atom is 0.223 e. The van der Waals surface area contributed by atoms with Gasteiger partial charge in [0.25, 0.3) is 0 Å². The molecule has 0 radical (unpaired) electrons. The molecule has 1 amide bonds. The van der Waals surface area contributed by atoms with Gasteiger partial charge in [-0.05, 0) is 26.2 Å². The molecule has 0 bridgehead atoms. The van der Waals surface area contributed by atoms with E-state index < -0.39 is 0 Å². The van der Waals surface area contributed by atoms with Gasteiger partial charge in [0.05, 0.1) is 0 Å². The van der Waals surface area contributed by atoms with Crippen LogP contribution in [0.3, 0.4) is 0 Å². The fourth-order valence-electron chi connectivity index (χ4n) is 1.69. The predicted octanol–water partition coefficient (Wildman–Crippen LogP) is 3.29. The van der Waals surface area contributed by atoms with Gasteiger partial charge in [0, 0.05) is 12.5 Å². The summed E-state index contributed by atoms with van der Waals surface area (Å²) in [6, 6.07) is 0. The molecule has 0 aromatic heterocycles. The van der Waals surface area contributed by atoms with Crippen LogP contribution in [0.2, 0.25) is 0 Å². The van der Waals surface area contributed by atoms with Gasteiger partial charge in [0.1, 0.15) is 0 Å². The maximum atomic E-state index is 11.8. The van der Waals surface area contributed by atoms with Gasteiger partial charge in [-0.2, -0.15) is 0 Å². The first-order chi connectivity index (χ1) is 7.26. The van der Waals surface area contributed by atoms with Crippen molar-refractivity contribution in [3.63, 3.8) is 0 Å². The summed E-state index contributed by atoms with van der Waals surface area (Å²) in [5.74, 6) is 0.466. The third-order valence-corrected chi connectivity index (χ3v) is 2.49. The molecule has 0 aliphatic carbocycles. The molecule has 0 fully saturated rings. The van der Waals surface area contributed by atoms with Gasteiger partial charge >= 0.3 is 0 Å². The van der Waals surface area contributed by atoms with Crippen LogP contribution in [0.15, 0.2) is 12.2 Å². The Morgan fingerprint density at radius 2 is 1.87 bits per heavy atom. The summed E-state index contributed by atoms with van der Waals surface area (Å²) in [6.07, 6.45) is 9.25. The van der Waals surface area contributed by atoms with Crippen LogP contribution in [-0.4, -0.2) is 12.5 Å². The first-order valence-electron chi connectivity index (χ1n) is 6.15. The van der Waals surface area contributed by atoms with Crippen LogP contribution in [0.1, 0.15) is 52.9 Å². The number of amides is 1. The summed E-state index contributed by atoms with van der Waals surface area (Å²) in [5.41, 5.74) is 0. The zero-order valence-electron chi connectivity index (χ0n) is 10.4. The van der Waals surface area contributed by atoms with Crippen LogP contribution < -0.4 is 5.32 Å². The van der Waals surface area contributed by atoms with E-state index in [0.29, 0.717) is 0 Å². The average Bonchev–Trinajstić information content (AvgIpc) is 2.24. The molecule has 0 aromatic carbocycles. The second-order valence-corrected chi connectivity index (χ2v) is 3.92. The van der Waals surface area contributed by atoms with E-state index in [2.05, 4.69) is 25.2 Å². The summed E-state index contributed by atoms with van der Waals surface area (Å²) in [7, 11) is 0. The van der Waals surface area contributed by atoms with Crippen LogP contribution in [0, 0.1) is 5.92 Å². The van der Waals surface area contributed by atoms with Crippen LogP contribution >= 0.6 is 0 Å². The van der Waals surface area contributed by atoms with E-state index in [1.54, 1.807) is 0 Å². The highest BCUT2D eigenvalue weighted by atomic mass is 16.1. The molecule has 0 rings (SSSR count). The number of allylic oxidation sites excluding steroid dienone is 1. The van der Waals surface area contributed by atoms with Crippen molar-refractivity contribution in [2.75, 3.05) is 6.54 Å². The molecular weight excluding hydrogens is 186 g/mol. The fraction of sp³-hybridized carbons (Fsp3) is 0.769. The number of nitrogens with one attached hydrogen (secondary N) is 1. The number of carbonyl (C=O) groups is 1. The molecule has 0 aliphatic rings. The van der Waals surface area contributed by atoms with Crippen molar-refractivity contribution in [2.45, 2.75) is 52.9 Å². The lowest BCUT2D eigenvalue weighted by molar-refractivity contribution is -0.125. The lowest BCUT2D eigenvalue weighted by Gasteiger charge is -2.14. The van der Waals surface area contributed by atoms with Gasteiger partial charge in [0.15, 0.2) is 0 Å². The molecule has 1 N–H and O–H groups in total. The van der Waals surface area contributed by atoms with Crippen LogP contribution in [0.4, 0.5) is 0 Å². The highest BCUT2D eigenvalue weighted by Gasteiger charge is 2.15. The SMILES string of the molecule is C/C=C/CCNC(=O)C(CCC)CCC. The van der Waals surface area contributed by atoms with E-state index in [9.17, 15) is 4.79 Å². The highest BCUT2D eigenvalue weighted by Crippen LogP contribution is 2.13. The molecule has 0 unspecified atom stereocenters. The zero-order valence-corrected chi connectivity index (χ0v) is 10.4. The zero-order chi connectivity index (χ0) is 11.5. The fourth-order valence-corrected chi connectivity index (χ4v) is 1.69. The van der Waals surface area contributed by atoms with E-state index in [4.69, 9.17) is 0 Å². The Kier molecular flexibility index (Phi) is 9.24. The molecule has 15 heavy (non-hydrogen) atoms. The highest BCUT2D eigenvalue weighted by molar-refractivity contribution is 5.78. The van der Waals surface area contributed by atoms with Crippen molar-refractivity contribution < 1.29 is 4.79 Å². The summed E-state index contributed by atoms with van der Waals surface area (Å²) < 4.78 is 0. The van der Waals surface area contributed by atoms with E-state index in [1.165, 1.54) is 0 Å². The average molecular weight is 211 g/mol. The molecule has 2 heteroatoms. The van der Waals surface area contributed by atoms with Gasteiger partial charge in [-0.3, -0.25) is 4.79 Å². The standard InChI is InChI=1S/C13H25NO/c1-4-7-8-11-14-13(15)12(9-5-2)10-6-3/h4,7,12H,5-6,8-11H2,1-3H3,(H,14,15)/b7-4+. The first kappa shape index (κ1) is 14.2. The number of carbonyl (C=O) groups excluding carboxylic acids is 1. The van der Waals surface area contributed by atoms with Crippen molar-refractivity contribution in [1.29, 1.82) is 0 Å². The normalized spacial score (nSPS) is 11.2. The van der Waals surface area contributed by atoms with E-state index >= 15 is 0 Å². The van der Waals surface area contributed by atoms with Gasteiger partial charge in [-0.25, -0.2) is 0 Å². The summed E-state index contributed by atoms with van der Waals surface area (Å²) in [5, 5.41) is 3.00. The quantitative estimate of drug-likeness (QED) is 0.484. The Morgan fingerprint density at radius 3 is 2.33 bits per heavy atom. The maximum absolute atomic E-state index is 11.8.